The molecule has 0 saturated heterocycles. The maximum atomic E-state index is 6.08. The summed E-state index contributed by atoms with van der Waals surface area (Å²) in [7, 11) is 0. The molecule has 0 fully saturated rings. The molecule has 0 aliphatic rings. The lowest BCUT2D eigenvalue weighted by atomic mass is 10.5. The van der Waals surface area contributed by atoms with Crippen LogP contribution in [0.2, 0.25) is 10.0 Å². The van der Waals surface area contributed by atoms with E-state index in [1.807, 2.05) is 10.6 Å². The molecular weight excluding hydrogens is 325 g/mol. The summed E-state index contributed by atoms with van der Waals surface area (Å²) in [5.74, 6) is 0.671. The van der Waals surface area contributed by atoms with Gasteiger partial charge < -0.3 is 10.1 Å². The molecular formula is C10H7Cl2N5S2. The van der Waals surface area contributed by atoms with Crippen LogP contribution in [0, 0.1) is 0 Å². The van der Waals surface area contributed by atoms with Gasteiger partial charge in [0.05, 0.1) is 15.7 Å². The average Bonchev–Trinajstić information content (AvgIpc) is 2.92. The fourth-order valence-corrected chi connectivity index (χ4v) is 3.61. The van der Waals surface area contributed by atoms with Gasteiger partial charge in [0.25, 0.3) is 0 Å². The molecule has 0 aromatic carbocycles. The van der Waals surface area contributed by atoms with Crippen molar-refractivity contribution in [1.29, 1.82) is 0 Å². The first-order chi connectivity index (χ1) is 9.11. The summed E-state index contributed by atoms with van der Waals surface area (Å²) in [6, 6.07) is 1.67. The van der Waals surface area contributed by atoms with Crippen molar-refractivity contribution in [3.05, 3.63) is 34.2 Å². The molecule has 5 nitrogen and oxygen atoms in total. The number of rotatable bonds is 3. The summed E-state index contributed by atoms with van der Waals surface area (Å²) < 4.78 is 2.63. The molecule has 0 unspecified atom stereocenters. The number of nitrogens with two attached hydrogens (primary N) is 1. The summed E-state index contributed by atoms with van der Waals surface area (Å²) in [5, 5.41) is 9.27. The molecule has 19 heavy (non-hydrogen) atoms. The van der Waals surface area contributed by atoms with E-state index in [1.54, 1.807) is 12.3 Å². The zero-order chi connectivity index (χ0) is 13.4. The van der Waals surface area contributed by atoms with Gasteiger partial charge in [0.1, 0.15) is 0 Å². The summed E-state index contributed by atoms with van der Waals surface area (Å²) >= 11 is 14.9. The van der Waals surface area contributed by atoms with Crippen LogP contribution >= 0.6 is 46.3 Å². The minimum Gasteiger partial charge on any atom is -0.374 e. The molecule has 0 spiro atoms. The van der Waals surface area contributed by atoms with Gasteiger partial charge >= 0.3 is 0 Å². The highest BCUT2D eigenvalue weighted by Crippen LogP contribution is 2.28. The van der Waals surface area contributed by atoms with Gasteiger partial charge in [0.15, 0.2) is 9.99 Å². The van der Waals surface area contributed by atoms with Crippen molar-refractivity contribution in [1.82, 2.24) is 19.6 Å². The zero-order valence-electron chi connectivity index (χ0n) is 9.38. The predicted octanol–water partition coefficient (Wildman–Crippen LogP) is 3.37. The monoisotopic (exact) mass is 331 g/mol. The van der Waals surface area contributed by atoms with E-state index in [-0.39, 0.29) is 0 Å². The Morgan fingerprint density at radius 3 is 2.89 bits per heavy atom. The van der Waals surface area contributed by atoms with Gasteiger partial charge in [-0.25, -0.2) is 4.98 Å². The molecule has 3 aromatic rings. The molecule has 0 radical (unpaired) electrons. The first kappa shape index (κ1) is 13.0. The van der Waals surface area contributed by atoms with Crippen LogP contribution in [0.3, 0.4) is 0 Å². The number of imidazole rings is 1. The van der Waals surface area contributed by atoms with Gasteiger partial charge in [-0.15, -0.1) is 10.2 Å². The van der Waals surface area contributed by atoms with E-state index in [0.29, 0.717) is 26.6 Å². The molecule has 3 heterocycles. The summed E-state index contributed by atoms with van der Waals surface area (Å²) in [6.45, 7) is 0. The molecule has 3 aromatic heterocycles. The lowest BCUT2D eigenvalue weighted by molar-refractivity contribution is 1.02. The fourth-order valence-electron chi connectivity index (χ4n) is 1.56. The molecule has 0 amide bonds. The number of hydrogen-bond donors (Lipinski definition) is 1. The van der Waals surface area contributed by atoms with Gasteiger partial charge in [-0.3, -0.25) is 0 Å². The molecule has 98 valence electrons. The van der Waals surface area contributed by atoms with Crippen LogP contribution in [0.25, 0.3) is 5.65 Å². The smallest absolute Gasteiger partial charge is 0.203 e. The Morgan fingerprint density at radius 2 is 2.16 bits per heavy atom. The normalized spacial score (nSPS) is 11.3. The summed E-state index contributed by atoms with van der Waals surface area (Å²) in [6.07, 6.45) is 3.66. The first-order valence-corrected chi connectivity index (χ1v) is 7.72. The Bertz CT molecular complexity index is 739. The minimum atomic E-state index is 0.465. The minimum absolute atomic E-state index is 0.465. The number of fused-ring (bicyclic) bond motifs is 1. The van der Waals surface area contributed by atoms with Crippen molar-refractivity contribution in [2.45, 2.75) is 10.1 Å². The summed E-state index contributed by atoms with van der Waals surface area (Å²) in [4.78, 5) is 4.45. The number of thioether (sulfide) groups is 1. The lowest BCUT2D eigenvalue weighted by Gasteiger charge is -1.95. The van der Waals surface area contributed by atoms with Crippen LogP contribution in [0.5, 0.6) is 0 Å². The Labute approximate surface area is 126 Å². The van der Waals surface area contributed by atoms with Gasteiger partial charge in [-0.2, -0.15) is 0 Å². The van der Waals surface area contributed by atoms with E-state index in [4.69, 9.17) is 28.9 Å². The first-order valence-electron chi connectivity index (χ1n) is 5.16. The number of anilines is 1. The third kappa shape index (κ3) is 2.79. The van der Waals surface area contributed by atoms with Crippen molar-refractivity contribution in [3.63, 3.8) is 0 Å². The zero-order valence-corrected chi connectivity index (χ0v) is 12.5. The Balaban J connectivity index is 1.83. The SMILES string of the molecule is Nc1nnc(SCc2cn3cc(Cl)cc(Cl)c3n2)s1. The third-order valence-electron chi connectivity index (χ3n) is 2.29. The number of pyridine rings is 1. The Morgan fingerprint density at radius 1 is 1.32 bits per heavy atom. The van der Waals surface area contributed by atoms with Gasteiger partial charge in [0.2, 0.25) is 5.13 Å². The number of nitrogen functional groups attached to an aromatic ring is 1. The average molecular weight is 332 g/mol. The lowest BCUT2D eigenvalue weighted by Crippen LogP contribution is -1.82. The van der Waals surface area contributed by atoms with Crippen molar-refractivity contribution in [3.8, 4) is 0 Å². The highest BCUT2D eigenvalue weighted by atomic mass is 35.5. The van der Waals surface area contributed by atoms with E-state index >= 15 is 0 Å². The predicted molar refractivity (Wildman–Crippen MR) is 79.1 cm³/mol. The van der Waals surface area contributed by atoms with Crippen LogP contribution in [-0.4, -0.2) is 19.6 Å². The summed E-state index contributed by atoms with van der Waals surface area (Å²) in [5.41, 5.74) is 7.11. The molecule has 3 rings (SSSR count). The maximum Gasteiger partial charge on any atom is 0.203 e. The van der Waals surface area contributed by atoms with E-state index < -0.39 is 0 Å². The molecule has 0 bridgehead atoms. The van der Waals surface area contributed by atoms with Gasteiger partial charge in [-0.1, -0.05) is 46.3 Å². The fraction of sp³-hybridized carbons (Fsp3) is 0.100. The third-order valence-corrected chi connectivity index (χ3v) is 4.69. The number of halogens is 2. The van der Waals surface area contributed by atoms with Crippen molar-refractivity contribution in [2.24, 2.45) is 0 Å². The highest BCUT2D eigenvalue weighted by molar-refractivity contribution is 8.00. The van der Waals surface area contributed by atoms with Crippen LogP contribution in [0.4, 0.5) is 5.13 Å². The van der Waals surface area contributed by atoms with Crippen LogP contribution in [0.15, 0.2) is 22.8 Å². The van der Waals surface area contributed by atoms with Crippen molar-refractivity contribution >= 4 is 57.1 Å². The van der Waals surface area contributed by atoms with Crippen LogP contribution in [-0.2, 0) is 5.75 Å². The molecule has 0 atom stereocenters. The standard InChI is InChI=1S/C10H7Cl2N5S2/c11-5-1-7(12)8-14-6(3-17(8)2-5)4-18-10-16-15-9(13)19-10/h1-3H,4H2,(H2,13,15). The number of nitrogens with zero attached hydrogens (tertiary/aromatic N) is 4. The molecule has 9 heteroatoms. The van der Waals surface area contributed by atoms with E-state index in [2.05, 4.69) is 15.2 Å². The number of hydrogen-bond acceptors (Lipinski definition) is 6. The molecule has 0 aliphatic heterocycles. The van der Waals surface area contributed by atoms with E-state index in [1.165, 1.54) is 23.1 Å². The second kappa shape index (κ2) is 5.16. The van der Waals surface area contributed by atoms with Crippen LogP contribution in [0.1, 0.15) is 5.69 Å². The Hall–Kier alpha value is -1.02. The highest BCUT2D eigenvalue weighted by Gasteiger charge is 2.08. The quantitative estimate of drug-likeness (QED) is 0.745. The Kier molecular flexibility index (Phi) is 3.53. The van der Waals surface area contributed by atoms with E-state index in [0.717, 1.165) is 10.0 Å². The van der Waals surface area contributed by atoms with Gasteiger partial charge in [-0.05, 0) is 6.07 Å². The second-order valence-corrected chi connectivity index (χ2v) is 6.74. The molecule has 2 N–H and O–H groups in total. The molecule has 0 saturated carbocycles. The van der Waals surface area contributed by atoms with Crippen LogP contribution < -0.4 is 5.73 Å². The van der Waals surface area contributed by atoms with Crippen molar-refractivity contribution in [2.75, 3.05) is 5.73 Å². The number of aromatic nitrogens is 4. The molecule has 0 aliphatic carbocycles. The van der Waals surface area contributed by atoms with Crippen molar-refractivity contribution < 1.29 is 0 Å². The van der Waals surface area contributed by atoms with Gasteiger partial charge in [0, 0.05) is 18.1 Å². The largest absolute Gasteiger partial charge is 0.374 e. The topological polar surface area (TPSA) is 69.1 Å². The maximum absolute atomic E-state index is 6.08. The van der Waals surface area contributed by atoms with E-state index in [9.17, 15) is 0 Å². The second-order valence-electron chi connectivity index (χ2n) is 3.66.